The van der Waals surface area contributed by atoms with Crippen molar-refractivity contribution in [1.82, 2.24) is 0 Å². The molecule has 0 aromatic heterocycles. The SMILES string of the molecule is C/C(N)=C(\C=N)c1ccc(C)c(CCC(C)C)c1OC1CCC1. The van der Waals surface area contributed by atoms with Crippen LogP contribution in [0.4, 0.5) is 0 Å². The molecule has 0 amide bonds. The Kier molecular flexibility index (Phi) is 5.86. The van der Waals surface area contributed by atoms with Gasteiger partial charge < -0.3 is 15.9 Å². The molecule has 1 saturated carbocycles. The average molecular weight is 314 g/mol. The number of ether oxygens (including phenoxy) is 1. The van der Waals surface area contributed by atoms with Crippen LogP contribution in [0.2, 0.25) is 0 Å². The molecule has 0 unspecified atom stereocenters. The molecule has 3 heteroatoms. The van der Waals surface area contributed by atoms with E-state index in [-0.39, 0.29) is 0 Å². The van der Waals surface area contributed by atoms with Crippen LogP contribution in [-0.4, -0.2) is 12.3 Å². The molecule has 3 nitrogen and oxygen atoms in total. The molecule has 1 aromatic rings. The summed E-state index contributed by atoms with van der Waals surface area (Å²) in [5.41, 5.74) is 11.0. The summed E-state index contributed by atoms with van der Waals surface area (Å²) in [6.07, 6.45) is 7.31. The highest BCUT2D eigenvalue weighted by atomic mass is 16.5. The minimum absolute atomic E-state index is 0.318. The summed E-state index contributed by atoms with van der Waals surface area (Å²) in [5.74, 6) is 1.61. The summed E-state index contributed by atoms with van der Waals surface area (Å²) in [6, 6.07) is 4.18. The summed E-state index contributed by atoms with van der Waals surface area (Å²) in [5, 5.41) is 7.74. The first-order chi connectivity index (χ1) is 10.9. The Balaban J connectivity index is 2.49. The quantitative estimate of drug-likeness (QED) is 0.706. The van der Waals surface area contributed by atoms with Crippen LogP contribution >= 0.6 is 0 Å². The summed E-state index contributed by atoms with van der Waals surface area (Å²) in [6.45, 7) is 8.49. The van der Waals surface area contributed by atoms with E-state index in [1.54, 1.807) is 0 Å². The van der Waals surface area contributed by atoms with E-state index in [1.165, 1.54) is 23.8 Å². The highest BCUT2D eigenvalue weighted by Crippen LogP contribution is 2.37. The van der Waals surface area contributed by atoms with Crippen molar-refractivity contribution in [2.75, 3.05) is 0 Å². The molecule has 1 aromatic carbocycles. The minimum atomic E-state index is 0.318. The molecule has 0 bridgehead atoms. The third-order valence-electron chi connectivity index (χ3n) is 4.66. The third kappa shape index (κ3) is 4.15. The lowest BCUT2D eigenvalue weighted by Crippen LogP contribution is -2.26. The summed E-state index contributed by atoms with van der Waals surface area (Å²) in [7, 11) is 0. The van der Waals surface area contributed by atoms with Gasteiger partial charge in [-0.3, -0.25) is 0 Å². The lowest BCUT2D eigenvalue weighted by molar-refractivity contribution is 0.118. The van der Waals surface area contributed by atoms with Gasteiger partial charge in [0.1, 0.15) is 5.75 Å². The van der Waals surface area contributed by atoms with Gasteiger partial charge in [0.05, 0.1) is 6.10 Å². The van der Waals surface area contributed by atoms with Gasteiger partial charge >= 0.3 is 0 Å². The maximum atomic E-state index is 7.74. The second-order valence-corrected chi connectivity index (χ2v) is 7.08. The fourth-order valence-electron chi connectivity index (χ4n) is 2.88. The van der Waals surface area contributed by atoms with Crippen molar-refractivity contribution < 1.29 is 4.74 Å². The predicted molar refractivity (Wildman–Crippen MR) is 98.2 cm³/mol. The number of hydrogen-bond acceptors (Lipinski definition) is 3. The molecule has 23 heavy (non-hydrogen) atoms. The third-order valence-corrected chi connectivity index (χ3v) is 4.66. The molecule has 2 rings (SSSR count). The molecule has 0 spiro atoms. The fourth-order valence-corrected chi connectivity index (χ4v) is 2.88. The fraction of sp³-hybridized carbons (Fsp3) is 0.550. The van der Waals surface area contributed by atoms with Crippen LogP contribution in [0.5, 0.6) is 5.75 Å². The van der Waals surface area contributed by atoms with Gasteiger partial charge in [-0.25, -0.2) is 0 Å². The number of rotatable bonds is 7. The van der Waals surface area contributed by atoms with Gasteiger partial charge in [0.2, 0.25) is 0 Å². The second-order valence-electron chi connectivity index (χ2n) is 7.08. The van der Waals surface area contributed by atoms with E-state index in [0.717, 1.165) is 42.6 Å². The highest BCUT2D eigenvalue weighted by Gasteiger charge is 2.24. The first-order valence-corrected chi connectivity index (χ1v) is 8.70. The van der Waals surface area contributed by atoms with E-state index >= 15 is 0 Å². The smallest absolute Gasteiger partial charge is 0.131 e. The average Bonchev–Trinajstić information content (AvgIpc) is 2.43. The van der Waals surface area contributed by atoms with E-state index in [9.17, 15) is 0 Å². The molecule has 1 aliphatic rings. The number of allylic oxidation sites excluding steroid dienone is 2. The molecule has 0 saturated heterocycles. The van der Waals surface area contributed by atoms with Gasteiger partial charge in [0, 0.05) is 23.0 Å². The number of nitrogens with two attached hydrogens (primary N) is 1. The predicted octanol–water partition coefficient (Wildman–Crippen LogP) is 4.85. The second kappa shape index (κ2) is 7.67. The molecule has 0 aliphatic heterocycles. The maximum absolute atomic E-state index is 7.74. The summed E-state index contributed by atoms with van der Waals surface area (Å²) >= 11 is 0. The summed E-state index contributed by atoms with van der Waals surface area (Å²) in [4.78, 5) is 0. The van der Waals surface area contributed by atoms with E-state index in [0.29, 0.717) is 17.7 Å². The van der Waals surface area contributed by atoms with Crippen molar-refractivity contribution in [3.63, 3.8) is 0 Å². The lowest BCUT2D eigenvalue weighted by Gasteiger charge is -2.30. The molecular weight excluding hydrogens is 284 g/mol. The first kappa shape index (κ1) is 17.6. The van der Waals surface area contributed by atoms with Crippen molar-refractivity contribution in [3.05, 3.63) is 34.5 Å². The van der Waals surface area contributed by atoms with E-state index in [4.69, 9.17) is 15.9 Å². The summed E-state index contributed by atoms with van der Waals surface area (Å²) < 4.78 is 6.37. The Morgan fingerprint density at radius 1 is 1.39 bits per heavy atom. The number of benzene rings is 1. The number of hydrogen-bond donors (Lipinski definition) is 2. The van der Waals surface area contributed by atoms with Crippen molar-refractivity contribution >= 4 is 11.8 Å². The molecule has 0 heterocycles. The van der Waals surface area contributed by atoms with Crippen molar-refractivity contribution in [2.45, 2.75) is 65.9 Å². The van der Waals surface area contributed by atoms with Crippen molar-refractivity contribution in [2.24, 2.45) is 11.7 Å². The lowest BCUT2D eigenvalue weighted by atomic mass is 9.91. The zero-order valence-corrected chi connectivity index (χ0v) is 14.9. The maximum Gasteiger partial charge on any atom is 0.131 e. The number of nitrogens with one attached hydrogen (secondary N) is 1. The van der Waals surface area contributed by atoms with Crippen LogP contribution < -0.4 is 10.5 Å². The molecule has 1 aliphatic carbocycles. The van der Waals surface area contributed by atoms with Gasteiger partial charge in [-0.05, 0) is 63.0 Å². The largest absolute Gasteiger partial charge is 0.489 e. The topological polar surface area (TPSA) is 59.1 Å². The van der Waals surface area contributed by atoms with Gasteiger partial charge in [0.25, 0.3) is 0 Å². The first-order valence-electron chi connectivity index (χ1n) is 8.70. The van der Waals surface area contributed by atoms with Crippen LogP contribution in [-0.2, 0) is 6.42 Å². The Morgan fingerprint density at radius 2 is 2.09 bits per heavy atom. The van der Waals surface area contributed by atoms with Crippen LogP contribution in [0.15, 0.2) is 17.8 Å². The van der Waals surface area contributed by atoms with Crippen LogP contribution in [0.25, 0.3) is 5.57 Å². The van der Waals surface area contributed by atoms with Crippen molar-refractivity contribution in [3.8, 4) is 5.75 Å². The molecule has 3 N–H and O–H groups in total. The Labute approximate surface area is 140 Å². The van der Waals surface area contributed by atoms with E-state index in [2.05, 4.69) is 32.9 Å². The molecule has 0 atom stereocenters. The molecule has 0 radical (unpaired) electrons. The van der Waals surface area contributed by atoms with E-state index < -0.39 is 0 Å². The Bertz CT molecular complexity index is 594. The minimum Gasteiger partial charge on any atom is -0.489 e. The van der Waals surface area contributed by atoms with Crippen LogP contribution in [0.3, 0.4) is 0 Å². The number of aryl methyl sites for hydroxylation is 1. The standard InChI is InChI=1S/C20H30N2O/c1-13(2)8-10-17-14(3)9-11-18(19(12-21)15(4)22)20(17)23-16-6-5-7-16/h9,11-13,16,21H,5-8,10,22H2,1-4H3/b19-15-,21-12?. The van der Waals surface area contributed by atoms with Gasteiger partial charge in [-0.1, -0.05) is 26.0 Å². The van der Waals surface area contributed by atoms with Gasteiger partial charge in [-0.2, -0.15) is 0 Å². The van der Waals surface area contributed by atoms with Gasteiger partial charge in [0.15, 0.2) is 0 Å². The Morgan fingerprint density at radius 3 is 2.57 bits per heavy atom. The monoisotopic (exact) mass is 314 g/mol. The van der Waals surface area contributed by atoms with Crippen molar-refractivity contribution in [1.29, 1.82) is 5.41 Å². The van der Waals surface area contributed by atoms with Gasteiger partial charge in [-0.15, -0.1) is 0 Å². The highest BCUT2D eigenvalue weighted by molar-refractivity contribution is 6.10. The molecular formula is C20H30N2O. The van der Waals surface area contributed by atoms with E-state index in [1.807, 2.05) is 6.92 Å². The molecule has 1 fully saturated rings. The molecule has 126 valence electrons. The van der Waals surface area contributed by atoms with Crippen LogP contribution in [0, 0.1) is 18.3 Å². The Hall–Kier alpha value is -1.77. The van der Waals surface area contributed by atoms with Crippen LogP contribution in [0.1, 0.15) is 63.1 Å². The normalized spacial score (nSPS) is 16.0. The zero-order valence-electron chi connectivity index (χ0n) is 14.9. The zero-order chi connectivity index (χ0) is 17.0.